The summed E-state index contributed by atoms with van der Waals surface area (Å²) >= 11 is 1.78. The van der Waals surface area contributed by atoms with Crippen LogP contribution in [0.15, 0.2) is 47.4 Å². The molecular weight excluding hydrogens is 338 g/mol. The third-order valence-electron chi connectivity index (χ3n) is 3.55. The molecule has 0 heterocycles. The lowest BCUT2D eigenvalue weighted by molar-refractivity contribution is 0.0953. The molecule has 0 saturated carbocycles. The maximum absolute atomic E-state index is 12.3. The van der Waals surface area contributed by atoms with Gasteiger partial charge < -0.3 is 19.5 Å². The molecule has 1 N–H and O–H groups in total. The second kappa shape index (κ2) is 9.84. The molecule has 2 aromatic rings. The first-order valence-corrected chi connectivity index (χ1v) is 8.94. The molecule has 1 amide bonds. The van der Waals surface area contributed by atoms with Gasteiger partial charge in [0.25, 0.3) is 5.91 Å². The van der Waals surface area contributed by atoms with Crippen LogP contribution in [0.3, 0.4) is 0 Å². The van der Waals surface area contributed by atoms with Crippen molar-refractivity contribution in [1.82, 2.24) is 5.32 Å². The van der Waals surface area contributed by atoms with Crippen LogP contribution in [0.4, 0.5) is 0 Å². The molecule has 0 unspecified atom stereocenters. The van der Waals surface area contributed by atoms with Gasteiger partial charge in [-0.25, -0.2) is 0 Å². The van der Waals surface area contributed by atoms with Crippen molar-refractivity contribution < 1.29 is 19.0 Å². The van der Waals surface area contributed by atoms with Gasteiger partial charge in [-0.3, -0.25) is 4.79 Å². The molecule has 0 atom stereocenters. The van der Waals surface area contributed by atoms with Crippen LogP contribution in [0, 0.1) is 0 Å². The standard InChI is InChI=1S/C19H23NO4S/c1-22-16-12-14(13-17(23-2)18(16)24-3)19(21)20-10-7-11-25-15-8-5-4-6-9-15/h4-6,8-9,12-13H,7,10-11H2,1-3H3,(H,20,21). The number of hydrogen-bond acceptors (Lipinski definition) is 5. The second-order valence-corrected chi connectivity index (χ2v) is 6.35. The highest BCUT2D eigenvalue weighted by Crippen LogP contribution is 2.38. The summed E-state index contributed by atoms with van der Waals surface area (Å²) in [5, 5.41) is 2.92. The number of carbonyl (C=O) groups excluding carboxylic acids is 1. The summed E-state index contributed by atoms with van der Waals surface area (Å²) in [6, 6.07) is 13.5. The topological polar surface area (TPSA) is 56.8 Å². The predicted octanol–water partition coefficient (Wildman–Crippen LogP) is 3.62. The molecule has 25 heavy (non-hydrogen) atoms. The number of nitrogens with one attached hydrogen (secondary N) is 1. The predicted molar refractivity (Wildman–Crippen MR) is 100 cm³/mol. The molecule has 0 aliphatic rings. The average Bonchev–Trinajstić information content (AvgIpc) is 2.67. The van der Waals surface area contributed by atoms with Crippen LogP contribution in [0.2, 0.25) is 0 Å². The summed E-state index contributed by atoms with van der Waals surface area (Å²) in [6.45, 7) is 0.606. The van der Waals surface area contributed by atoms with Crippen molar-refractivity contribution in [3.63, 3.8) is 0 Å². The Labute approximate surface area is 152 Å². The summed E-state index contributed by atoms with van der Waals surface area (Å²) in [4.78, 5) is 13.6. The van der Waals surface area contributed by atoms with Gasteiger partial charge in [-0.15, -0.1) is 11.8 Å². The fourth-order valence-corrected chi connectivity index (χ4v) is 3.17. The minimum atomic E-state index is -0.163. The molecule has 0 bridgehead atoms. The number of hydrogen-bond donors (Lipinski definition) is 1. The van der Waals surface area contributed by atoms with Gasteiger partial charge in [0.05, 0.1) is 21.3 Å². The largest absolute Gasteiger partial charge is 0.493 e. The summed E-state index contributed by atoms with van der Waals surface area (Å²) in [7, 11) is 4.59. The summed E-state index contributed by atoms with van der Waals surface area (Å²) in [5.74, 6) is 2.18. The molecule has 134 valence electrons. The van der Waals surface area contributed by atoms with E-state index in [1.54, 1.807) is 23.9 Å². The zero-order valence-electron chi connectivity index (χ0n) is 14.7. The van der Waals surface area contributed by atoms with E-state index in [9.17, 15) is 4.79 Å². The second-order valence-electron chi connectivity index (χ2n) is 5.18. The van der Waals surface area contributed by atoms with Crippen LogP contribution < -0.4 is 19.5 Å². The number of amides is 1. The Hall–Kier alpha value is -2.34. The number of benzene rings is 2. The van der Waals surface area contributed by atoms with E-state index in [0.29, 0.717) is 29.4 Å². The molecule has 0 saturated heterocycles. The normalized spacial score (nSPS) is 10.2. The third kappa shape index (κ3) is 5.32. The molecule has 0 aliphatic carbocycles. The Kier molecular flexibility index (Phi) is 7.47. The quantitative estimate of drug-likeness (QED) is 0.546. The van der Waals surface area contributed by atoms with Crippen LogP contribution in [0.25, 0.3) is 0 Å². The van der Waals surface area contributed by atoms with Gasteiger partial charge in [0.1, 0.15) is 0 Å². The van der Waals surface area contributed by atoms with E-state index in [0.717, 1.165) is 12.2 Å². The molecule has 2 aromatic carbocycles. The Morgan fingerprint density at radius 3 is 2.20 bits per heavy atom. The van der Waals surface area contributed by atoms with E-state index in [2.05, 4.69) is 17.4 Å². The minimum absolute atomic E-state index is 0.163. The SMILES string of the molecule is COc1cc(C(=O)NCCCSc2ccccc2)cc(OC)c1OC. The Balaban J connectivity index is 1.88. The van der Waals surface area contributed by atoms with Crippen molar-refractivity contribution in [3.05, 3.63) is 48.0 Å². The fraction of sp³-hybridized carbons (Fsp3) is 0.316. The highest BCUT2D eigenvalue weighted by Gasteiger charge is 2.16. The lowest BCUT2D eigenvalue weighted by Gasteiger charge is -2.14. The number of carbonyl (C=O) groups is 1. The van der Waals surface area contributed by atoms with Crippen LogP contribution in [-0.4, -0.2) is 39.5 Å². The van der Waals surface area contributed by atoms with Crippen LogP contribution in [-0.2, 0) is 0 Å². The fourth-order valence-electron chi connectivity index (χ4n) is 2.30. The van der Waals surface area contributed by atoms with Crippen molar-refractivity contribution in [1.29, 1.82) is 0 Å². The van der Waals surface area contributed by atoms with Crippen LogP contribution >= 0.6 is 11.8 Å². The number of rotatable bonds is 9. The molecule has 0 fully saturated rings. The molecular formula is C19H23NO4S. The maximum Gasteiger partial charge on any atom is 0.251 e. The first-order valence-electron chi connectivity index (χ1n) is 7.95. The number of thioether (sulfide) groups is 1. The van der Waals surface area contributed by atoms with E-state index in [4.69, 9.17) is 14.2 Å². The number of methoxy groups -OCH3 is 3. The highest BCUT2D eigenvalue weighted by molar-refractivity contribution is 7.99. The van der Waals surface area contributed by atoms with E-state index in [-0.39, 0.29) is 5.91 Å². The minimum Gasteiger partial charge on any atom is -0.493 e. The molecule has 0 aliphatic heterocycles. The first-order chi connectivity index (χ1) is 12.2. The molecule has 0 aromatic heterocycles. The smallest absolute Gasteiger partial charge is 0.251 e. The van der Waals surface area contributed by atoms with Gasteiger partial charge in [-0.1, -0.05) is 18.2 Å². The van der Waals surface area contributed by atoms with Crippen molar-refractivity contribution in [3.8, 4) is 17.2 Å². The lowest BCUT2D eigenvalue weighted by Crippen LogP contribution is -2.24. The van der Waals surface area contributed by atoms with Gasteiger partial charge in [-0.05, 0) is 36.4 Å². The first kappa shape index (κ1) is 19.0. The van der Waals surface area contributed by atoms with Gasteiger partial charge in [-0.2, -0.15) is 0 Å². The van der Waals surface area contributed by atoms with Gasteiger partial charge in [0.2, 0.25) is 5.75 Å². The van der Waals surface area contributed by atoms with Gasteiger partial charge in [0.15, 0.2) is 11.5 Å². The van der Waals surface area contributed by atoms with E-state index >= 15 is 0 Å². The summed E-state index contributed by atoms with van der Waals surface area (Å²) < 4.78 is 15.8. The number of ether oxygens (including phenoxy) is 3. The van der Waals surface area contributed by atoms with Crippen LogP contribution in [0.1, 0.15) is 16.8 Å². The average molecular weight is 361 g/mol. The summed E-state index contributed by atoms with van der Waals surface area (Å²) in [5.41, 5.74) is 0.477. The van der Waals surface area contributed by atoms with Gasteiger partial charge in [0, 0.05) is 17.0 Å². The molecule has 5 nitrogen and oxygen atoms in total. The zero-order valence-corrected chi connectivity index (χ0v) is 15.5. The summed E-state index contributed by atoms with van der Waals surface area (Å²) in [6.07, 6.45) is 0.885. The van der Waals surface area contributed by atoms with E-state index in [1.807, 2.05) is 18.2 Å². The third-order valence-corrected chi connectivity index (χ3v) is 4.64. The highest BCUT2D eigenvalue weighted by atomic mass is 32.2. The molecule has 6 heteroatoms. The molecule has 2 rings (SSSR count). The maximum atomic E-state index is 12.3. The van der Waals surface area contributed by atoms with E-state index in [1.165, 1.54) is 26.2 Å². The van der Waals surface area contributed by atoms with Crippen molar-refractivity contribution >= 4 is 17.7 Å². The zero-order chi connectivity index (χ0) is 18.1. The molecule has 0 spiro atoms. The monoisotopic (exact) mass is 361 g/mol. The van der Waals surface area contributed by atoms with Gasteiger partial charge >= 0.3 is 0 Å². The Morgan fingerprint density at radius 1 is 1.00 bits per heavy atom. The van der Waals surface area contributed by atoms with Crippen molar-refractivity contribution in [2.75, 3.05) is 33.6 Å². The van der Waals surface area contributed by atoms with E-state index < -0.39 is 0 Å². The Bertz CT molecular complexity index is 666. The van der Waals surface area contributed by atoms with Crippen LogP contribution in [0.5, 0.6) is 17.2 Å². The lowest BCUT2D eigenvalue weighted by atomic mass is 10.1. The Morgan fingerprint density at radius 2 is 1.64 bits per heavy atom. The van der Waals surface area contributed by atoms with Crippen molar-refractivity contribution in [2.24, 2.45) is 0 Å². The molecule has 0 radical (unpaired) electrons. The van der Waals surface area contributed by atoms with Crippen molar-refractivity contribution in [2.45, 2.75) is 11.3 Å².